The molecule has 0 aromatic carbocycles. The van der Waals surface area contributed by atoms with Gasteiger partial charge in [0.05, 0.1) is 68.0 Å². The Labute approximate surface area is 319 Å². The number of carbonyl (C=O) groups excluding carboxylic acids is 7. The number of hydrogen-bond acceptors (Lipinski definition) is 16. The number of allylic oxidation sites excluding steroid dienone is 6. The van der Waals surface area contributed by atoms with Gasteiger partial charge in [-0.05, 0) is 46.5 Å². The number of esters is 7. The van der Waals surface area contributed by atoms with Crippen LogP contribution in [-0.2, 0) is 76.2 Å². The molecule has 0 radical (unpaired) electrons. The van der Waals surface area contributed by atoms with Gasteiger partial charge in [0.2, 0.25) is 5.76 Å². The predicted octanol–water partition coefficient (Wildman–Crippen LogP) is 3.82. The Morgan fingerprint density at radius 3 is 1.87 bits per heavy atom. The number of ether oxygens (including phenoxy) is 9. The van der Waals surface area contributed by atoms with Gasteiger partial charge in [-0.3, -0.25) is 9.59 Å². The molecule has 0 amide bonds. The molecule has 2 aliphatic rings. The van der Waals surface area contributed by atoms with Gasteiger partial charge in [0.15, 0.2) is 0 Å². The van der Waals surface area contributed by atoms with Crippen molar-refractivity contribution < 1.29 is 76.2 Å². The first-order chi connectivity index (χ1) is 26.0. The molecule has 0 spiro atoms. The molecule has 1 heterocycles. The monoisotopic (exact) mass is 772 g/mol. The van der Waals surface area contributed by atoms with Crippen LogP contribution >= 0.6 is 0 Å². The molecule has 0 aromatic rings. The standard InChI is InChI=1S/C39H48O16/c1-22(2)14-12-15-23(3)16-13-17-38(29-27(33(43)50-7)28(34(44)51-8)30(35(45)52-9)55-36(29)53-10)18-19-39(37(46)54-11,25(21-38)32(42)49-6)24(31(41)48-5)20-26(40)47-4/h14,16,18-21,27H,12-13,15,17H2,1-11H3/b23-16+,24-20+. The van der Waals surface area contributed by atoms with Gasteiger partial charge in [-0.1, -0.05) is 41.5 Å². The first kappa shape index (κ1) is 45.2. The van der Waals surface area contributed by atoms with Crippen molar-refractivity contribution in [2.45, 2.75) is 46.5 Å². The lowest BCUT2D eigenvalue weighted by Crippen LogP contribution is -2.46. The summed E-state index contributed by atoms with van der Waals surface area (Å²) in [4.78, 5) is 94.4. The van der Waals surface area contributed by atoms with Crippen LogP contribution in [0.3, 0.4) is 0 Å². The second-order valence-electron chi connectivity index (χ2n) is 12.4. The zero-order valence-electron chi connectivity index (χ0n) is 32.9. The van der Waals surface area contributed by atoms with E-state index in [1.807, 2.05) is 26.8 Å². The van der Waals surface area contributed by atoms with Gasteiger partial charge < -0.3 is 42.6 Å². The number of carbonyl (C=O) groups is 7. The minimum absolute atomic E-state index is 0.0451. The third kappa shape index (κ3) is 9.60. The molecule has 300 valence electrons. The van der Waals surface area contributed by atoms with Crippen LogP contribution in [-0.4, -0.2) is 98.7 Å². The summed E-state index contributed by atoms with van der Waals surface area (Å²) in [6.45, 7) is 5.89. The van der Waals surface area contributed by atoms with Crippen molar-refractivity contribution in [1.82, 2.24) is 0 Å². The number of methoxy groups -OCH3 is 8. The molecule has 0 bridgehead atoms. The van der Waals surface area contributed by atoms with Gasteiger partial charge >= 0.3 is 41.8 Å². The van der Waals surface area contributed by atoms with Crippen LogP contribution in [0, 0.1) is 16.7 Å². The first-order valence-corrected chi connectivity index (χ1v) is 16.8. The van der Waals surface area contributed by atoms with Gasteiger partial charge in [-0.25, -0.2) is 24.0 Å². The normalized spacial score (nSPS) is 20.9. The molecule has 0 saturated heterocycles. The highest BCUT2D eigenvalue weighted by Crippen LogP contribution is 2.55. The molecule has 1 aliphatic heterocycles. The summed E-state index contributed by atoms with van der Waals surface area (Å²) in [5, 5.41) is 0. The maximum absolute atomic E-state index is 14.0. The van der Waals surface area contributed by atoms with Gasteiger partial charge in [0.1, 0.15) is 16.9 Å². The third-order valence-corrected chi connectivity index (χ3v) is 8.94. The van der Waals surface area contributed by atoms with E-state index in [4.69, 9.17) is 42.6 Å². The van der Waals surface area contributed by atoms with Gasteiger partial charge in [0.25, 0.3) is 5.95 Å². The molecule has 16 heteroatoms. The Bertz CT molecular complexity index is 1780. The Morgan fingerprint density at radius 1 is 0.727 bits per heavy atom. The van der Waals surface area contributed by atoms with Crippen LogP contribution in [0.4, 0.5) is 0 Å². The second-order valence-corrected chi connectivity index (χ2v) is 12.4. The fourth-order valence-corrected chi connectivity index (χ4v) is 6.25. The van der Waals surface area contributed by atoms with Crippen LogP contribution in [0.5, 0.6) is 0 Å². The molecular formula is C39H48O16. The third-order valence-electron chi connectivity index (χ3n) is 8.94. The largest absolute Gasteiger partial charge is 0.468 e. The van der Waals surface area contributed by atoms with Crippen molar-refractivity contribution in [3.05, 3.63) is 81.6 Å². The molecule has 0 saturated carbocycles. The van der Waals surface area contributed by atoms with Crippen LogP contribution in [0.2, 0.25) is 0 Å². The van der Waals surface area contributed by atoms with E-state index in [0.717, 1.165) is 80.5 Å². The minimum Gasteiger partial charge on any atom is -0.468 e. The average molecular weight is 773 g/mol. The molecule has 2 rings (SSSR count). The van der Waals surface area contributed by atoms with E-state index >= 15 is 0 Å². The Morgan fingerprint density at radius 2 is 1.36 bits per heavy atom. The Hall–Kier alpha value is -5.93. The van der Waals surface area contributed by atoms with E-state index in [0.29, 0.717) is 12.5 Å². The van der Waals surface area contributed by atoms with Crippen molar-refractivity contribution in [2.24, 2.45) is 16.7 Å². The molecule has 0 aromatic heterocycles. The van der Waals surface area contributed by atoms with E-state index in [1.165, 1.54) is 12.2 Å². The molecule has 55 heavy (non-hydrogen) atoms. The summed E-state index contributed by atoms with van der Waals surface area (Å²) in [7, 11) is 8.22. The van der Waals surface area contributed by atoms with Crippen molar-refractivity contribution in [3.63, 3.8) is 0 Å². The summed E-state index contributed by atoms with van der Waals surface area (Å²) in [6, 6.07) is 0. The lowest BCUT2D eigenvalue weighted by molar-refractivity contribution is -0.152. The maximum atomic E-state index is 14.0. The number of hydrogen-bond donors (Lipinski definition) is 0. The van der Waals surface area contributed by atoms with E-state index < -0.39 is 87.0 Å². The molecule has 16 nitrogen and oxygen atoms in total. The molecular weight excluding hydrogens is 724 g/mol. The van der Waals surface area contributed by atoms with E-state index in [-0.39, 0.29) is 18.4 Å². The van der Waals surface area contributed by atoms with Gasteiger partial charge in [-0.15, -0.1) is 0 Å². The zero-order valence-corrected chi connectivity index (χ0v) is 32.9. The zero-order chi connectivity index (χ0) is 41.7. The molecule has 1 aliphatic carbocycles. The fourth-order valence-electron chi connectivity index (χ4n) is 6.25. The topological polar surface area (TPSA) is 203 Å². The molecule has 3 unspecified atom stereocenters. The summed E-state index contributed by atoms with van der Waals surface area (Å²) in [6.07, 6.45) is 9.95. The smallest absolute Gasteiger partial charge is 0.374 e. The second kappa shape index (κ2) is 19.9. The Balaban J connectivity index is 3.28. The first-order valence-electron chi connectivity index (χ1n) is 16.8. The van der Waals surface area contributed by atoms with E-state index in [1.54, 1.807) is 0 Å². The van der Waals surface area contributed by atoms with Gasteiger partial charge in [-0.2, -0.15) is 0 Å². The lowest BCUT2D eigenvalue weighted by atomic mass is 9.60. The SMILES string of the molecule is COC(=O)/C=C(\C(=O)OC)C1(C(=O)OC)C=CC(CC/C=C(\C)CCC=C(C)C)(C2=C(OC)OC(C(=O)OC)=C(C(=O)OC)C2C(=O)OC)C=C1C(=O)OC. The highest BCUT2D eigenvalue weighted by Gasteiger charge is 2.58. The van der Waals surface area contributed by atoms with Crippen molar-refractivity contribution in [1.29, 1.82) is 0 Å². The van der Waals surface area contributed by atoms with Gasteiger partial charge in [0, 0.05) is 17.1 Å². The summed E-state index contributed by atoms with van der Waals surface area (Å²) < 4.78 is 46.4. The molecule has 3 atom stereocenters. The van der Waals surface area contributed by atoms with E-state index in [2.05, 4.69) is 6.08 Å². The van der Waals surface area contributed by atoms with Crippen LogP contribution < -0.4 is 0 Å². The van der Waals surface area contributed by atoms with Crippen LogP contribution in [0.15, 0.2) is 81.6 Å². The highest BCUT2D eigenvalue weighted by molar-refractivity contribution is 6.11. The van der Waals surface area contributed by atoms with Crippen LogP contribution in [0.1, 0.15) is 46.5 Å². The predicted molar refractivity (Wildman–Crippen MR) is 192 cm³/mol. The van der Waals surface area contributed by atoms with Crippen molar-refractivity contribution in [3.8, 4) is 0 Å². The van der Waals surface area contributed by atoms with E-state index in [9.17, 15) is 33.6 Å². The fraction of sp³-hybridized carbons (Fsp3) is 0.462. The molecule has 0 fully saturated rings. The maximum Gasteiger partial charge on any atom is 0.374 e. The summed E-state index contributed by atoms with van der Waals surface area (Å²) in [5.74, 6) is -11.2. The minimum atomic E-state index is -2.52. The lowest BCUT2D eigenvalue weighted by Gasteiger charge is -2.43. The summed E-state index contributed by atoms with van der Waals surface area (Å²) in [5.41, 5.74) is -4.26. The van der Waals surface area contributed by atoms with Crippen molar-refractivity contribution >= 4 is 41.8 Å². The highest BCUT2D eigenvalue weighted by atomic mass is 16.7. The molecule has 0 N–H and O–H groups in total. The summed E-state index contributed by atoms with van der Waals surface area (Å²) >= 11 is 0. The average Bonchev–Trinajstić information content (AvgIpc) is 3.19. The Kier molecular flexibility index (Phi) is 16.4. The van der Waals surface area contributed by atoms with Crippen molar-refractivity contribution in [2.75, 3.05) is 56.9 Å². The number of rotatable bonds is 16. The van der Waals surface area contributed by atoms with Crippen LogP contribution in [0.25, 0.3) is 0 Å². The quantitative estimate of drug-likeness (QED) is 0.0947.